The average Bonchev–Trinajstić information content (AvgIpc) is 2.30. The van der Waals surface area contributed by atoms with E-state index in [2.05, 4.69) is 15.3 Å². The van der Waals surface area contributed by atoms with Crippen molar-refractivity contribution in [3.63, 3.8) is 0 Å². The van der Waals surface area contributed by atoms with Gasteiger partial charge in [0.2, 0.25) is 0 Å². The number of hydrogen-bond donors (Lipinski definition) is 2. The van der Waals surface area contributed by atoms with Crippen LogP contribution < -0.4 is 5.32 Å². The molecule has 1 saturated carbocycles. The Morgan fingerprint density at radius 1 is 1.35 bits per heavy atom. The molecule has 0 atom stereocenters. The summed E-state index contributed by atoms with van der Waals surface area (Å²) >= 11 is 0. The van der Waals surface area contributed by atoms with Gasteiger partial charge in [-0.3, -0.25) is 0 Å². The second kappa shape index (κ2) is 5.56. The fourth-order valence-electron chi connectivity index (χ4n) is 2.41. The Balaban J connectivity index is 1.79. The molecule has 1 aromatic rings. The van der Waals surface area contributed by atoms with Gasteiger partial charge in [-0.2, -0.15) is 0 Å². The molecule has 0 unspecified atom stereocenters. The van der Waals surface area contributed by atoms with E-state index in [0.717, 1.165) is 37.2 Å². The van der Waals surface area contributed by atoms with Crippen molar-refractivity contribution in [2.24, 2.45) is 0 Å². The summed E-state index contributed by atoms with van der Waals surface area (Å²) in [6, 6.07) is 1.91. The van der Waals surface area contributed by atoms with Crippen LogP contribution in [-0.2, 0) is 6.54 Å². The molecule has 94 valence electrons. The SMILES string of the molecule is Cc1nccc(CNCC2(O)CCCCC2)n1. The van der Waals surface area contributed by atoms with Crippen LogP contribution in [0, 0.1) is 6.92 Å². The van der Waals surface area contributed by atoms with E-state index in [-0.39, 0.29) is 0 Å². The number of hydrogen-bond acceptors (Lipinski definition) is 4. The highest BCUT2D eigenvalue weighted by Crippen LogP contribution is 2.27. The van der Waals surface area contributed by atoms with Crippen molar-refractivity contribution >= 4 is 0 Å². The highest BCUT2D eigenvalue weighted by Gasteiger charge is 2.28. The van der Waals surface area contributed by atoms with Gasteiger partial charge in [-0.15, -0.1) is 0 Å². The molecule has 1 fully saturated rings. The molecule has 0 saturated heterocycles. The topological polar surface area (TPSA) is 58.0 Å². The number of nitrogens with one attached hydrogen (secondary N) is 1. The fourth-order valence-corrected chi connectivity index (χ4v) is 2.41. The standard InChI is InChI=1S/C13H21N3O/c1-11-15-8-5-12(16-11)9-14-10-13(17)6-3-2-4-7-13/h5,8,14,17H,2-4,6-7,9-10H2,1H3. The zero-order valence-corrected chi connectivity index (χ0v) is 10.4. The Morgan fingerprint density at radius 2 is 2.12 bits per heavy atom. The van der Waals surface area contributed by atoms with Crippen LogP contribution in [-0.4, -0.2) is 27.2 Å². The lowest BCUT2D eigenvalue weighted by Gasteiger charge is -2.32. The quantitative estimate of drug-likeness (QED) is 0.831. The van der Waals surface area contributed by atoms with Crippen LogP contribution in [0.1, 0.15) is 43.6 Å². The molecule has 0 radical (unpaired) electrons. The Bertz CT molecular complexity index is 361. The van der Waals surface area contributed by atoms with Crippen molar-refractivity contribution in [1.82, 2.24) is 15.3 Å². The van der Waals surface area contributed by atoms with Crippen LogP contribution >= 0.6 is 0 Å². The maximum atomic E-state index is 10.3. The second-order valence-corrected chi connectivity index (χ2v) is 4.98. The van der Waals surface area contributed by atoms with Crippen molar-refractivity contribution in [3.8, 4) is 0 Å². The molecule has 4 nitrogen and oxygen atoms in total. The van der Waals surface area contributed by atoms with Crippen molar-refractivity contribution in [2.45, 2.75) is 51.2 Å². The van der Waals surface area contributed by atoms with Crippen LogP contribution in [0.2, 0.25) is 0 Å². The predicted molar refractivity (Wildman–Crippen MR) is 66.5 cm³/mol. The van der Waals surface area contributed by atoms with Gasteiger partial charge in [-0.1, -0.05) is 19.3 Å². The van der Waals surface area contributed by atoms with E-state index < -0.39 is 5.60 Å². The number of rotatable bonds is 4. The van der Waals surface area contributed by atoms with Gasteiger partial charge < -0.3 is 10.4 Å². The van der Waals surface area contributed by atoms with Crippen LogP contribution in [0.5, 0.6) is 0 Å². The second-order valence-electron chi connectivity index (χ2n) is 4.98. The summed E-state index contributed by atoms with van der Waals surface area (Å²) in [6.07, 6.45) is 7.16. The number of aryl methyl sites for hydroxylation is 1. The summed E-state index contributed by atoms with van der Waals surface area (Å²) < 4.78 is 0. The molecule has 0 bridgehead atoms. The molecule has 0 aromatic carbocycles. The number of aromatic nitrogens is 2. The van der Waals surface area contributed by atoms with E-state index in [0.29, 0.717) is 13.1 Å². The van der Waals surface area contributed by atoms with E-state index >= 15 is 0 Å². The molecule has 0 amide bonds. The molecule has 17 heavy (non-hydrogen) atoms. The van der Waals surface area contributed by atoms with E-state index in [1.165, 1.54) is 6.42 Å². The van der Waals surface area contributed by atoms with Gasteiger partial charge in [-0.05, 0) is 25.8 Å². The summed E-state index contributed by atoms with van der Waals surface area (Å²) in [5, 5.41) is 13.6. The highest BCUT2D eigenvalue weighted by atomic mass is 16.3. The Hall–Kier alpha value is -1.00. The minimum atomic E-state index is -0.500. The Kier molecular flexibility index (Phi) is 4.07. The third-order valence-electron chi connectivity index (χ3n) is 3.38. The summed E-state index contributed by atoms with van der Waals surface area (Å²) in [7, 11) is 0. The van der Waals surface area contributed by atoms with Crippen LogP contribution in [0.15, 0.2) is 12.3 Å². The summed E-state index contributed by atoms with van der Waals surface area (Å²) in [5.74, 6) is 0.792. The van der Waals surface area contributed by atoms with Crippen LogP contribution in [0.3, 0.4) is 0 Å². The van der Waals surface area contributed by atoms with Gasteiger partial charge in [0.25, 0.3) is 0 Å². The molecule has 2 N–H and O–H groups in total. The number of aliphatic hydroxyl groups is 1. The molecular formula is C13H21N3O. The van der Waals surface area contributed by atoms with E-state index in [9.17, 15) is 5.11 Å². The molecule has 4 heteroatoms. The minimum Gasteiger partial charge on any atom is -0.389 e. The van der Waals surface area contributed by atoms with Gasteiger partial charge in [0, 0.05) is 19.3 Å². The average molecular weight is 235 g/mol. The van der Waals surface area contributed by atoms with Crippen LogP contribution in [0.25, 0.3) is 0 Å². The lowest BCUT2D eigenvalue weighted by molar-refractivity contribution is 0.00462. The predicted octanol–water partition coefficient (Wildman–Crippen LogP) is 1.57. The van der Waals surface area contributed by atoms with E-state index in [1.54, 1.807) is 6.20 Å². The van der Waals surface area contributed by atoms with Crippen molar-refractivity contribution in [3.05, 3.63) is 23.8 Å². The van der Waals surface area contributed by atoms with Gasteiger partial charge in [0.05, 0.1) is 11.3 Å². The number of nitrogens with zero attached hydrogens (tertiary/aromatic N) is 2. The third kappa shape index (κ3) is 3.75. The first-order valence-electron chi connectivity index (χ1n) is 6.40. The first-order chi connectivity index (χ1) is 8.18. The molecule has 0 spiro atoms. The van der Waals surface area contributed by atoms with Gasteiger partial charge in [-0.25, -0.2) is 9.97 Å². The summed E-state index contributed by atoms with van der Waals surface area (Å²) in [6.45, 7) is 3.25. The first kappa shape index (κ1) is 12.5. The maximum absolute atomic E-state index is 10.3. The zero-order chi connectivity index (χ0) is 12.1. The summed E-state index contributed by atoms with van der Waals surface area (Å²) in [5.41, 5.74) is 0.484. The monoisotopic (exact) mass is 235 g/mol. The first-order valence-corrected chi connectivity index (χ1v) is 6.40. The van der Waals surface area contributed by atoms with E-state index in [1.807, 2.05) is 13.0 Å². The molecule has 1 heterocycles. The maximum Gasteiger partial charge on any atom is 0.125 e. The zero-order valence-electron chi connectivity index (χ0n) is 10.4. The smallest absolute Gasteiger partial charge is 0.125 e. The Labute approximate surface area is 102 Å². The molecular weight excluding hydrogens is 214 g/mol. The molecule has 2 rings (SSSR count). The van der Waals surface area contributed by atoms with Gasteiger partial charge >= 0.3 is 0 Å². The molecule has 0 aliphatic heterocycles. The molecule has 1 aromatic heterocycles. The lowest BCUT2D eigenvalue weighted by atomic mass is 9.85. The minimum absolute atomic E-state index is 0.500. The van der Waals surface area contributed by atoms with Gasteiger partial charge in [0.1, 0.15) is 5.82 Å². The van der Waals surface area contributed by atoms with Gasteiger partial charge in [0.15, 0.2) is 0 Å². The van der Waals surface area contributed by atoms with Crippen molar-refractivity contribution < 1.29 is 5.11 Å². The van der Waals surface area contributed by atoms with Crippen molar-refractivity contribution in [1.29, 1.82) is 0 Å². The fraction of sp³-hybridized carbons (Fsp3) is 0.692. The van der Waals surface area contributed by atoms with Crippen molar-refractivity contribution in [2.75, 3.05) is 6.54 Å². The largest absolute Gasteiger partial charge is 0.389 e. The lowest BCUT2D eigenvalue weighted by Crippen LogP contribution is -2.42. The summed E-state index contributed by atoms with van der Waals surface area (Å²) in [4.78, 5) is 8.39. The highest BCUT2D eigenvalue weighted by molar-refractivity contribution is 5.01. The van der Waals surface area contributed by atoms with Crippen LogP contribution in [0.4, 0.5) is 0 Å². The normalized spacial score (nSPS) is 19.2. The molecule has 1 aliphatic carbocycles. The molecule has 1 aliphatic rings. The Morgan fingerprint density at radius 3 is 2.82 bits per heavy atom. The third-order valence-corrected chi connectivity index (χ3v) is 3.38. The van der Waals surface area contributed by atoms with E-state index in [4.69, 9.17) is 0 Å².